The average molecular weight is 193 g/mol. The quantitative estimate of drug-likeness (QED) is 0.635. The fourth-order valence-electron chi connectivity index (χ4n) is 2.20. The molecule has 1 aromatic heterocycles. The van der Waals surface area contributed by atoms with Crippen molar-refractivity contribution < 1.29 is 9.53 Å². The molecule has 0 spiro atoms. The number of fused-ring (bicyclic) bond motifs is 1. The number of carbonyl (C=O) groups excluding carboxylic acids is 1. The molecule has 0 N–H and O–H groups in total. The molecule has 3 heteroatoms. The largest absolute Gasteiger partial charge is 0.465 e. The first-order chi connectivity index (χ1) is 6.74. The number of esters is 1. The SMILES string of the molecule is COC(=O)c1cn(C)c2c1CCCC2. The highest BCUT2D eigenvalue weighted by molar-refractivity contribution is 5.91. The van der Waals surface area contributed by atoms with Crippen molar-refractivity contribution in [2.24, 2.45) is 7.05 Å². The van der Waals surface area contributed by atoms with Gasteiger partial charge in [-0.25, -0.2) is 4.79 Å². The molecule has 0 aliphatic heterocycles. The number of methoxy groups -OCH3 is 1. The van der Waals surface area contributed by atoms with Gasteiger partial charge in [0.25, 0.3) is 0 Å². The van der Waals surface area contributed by atoms with Crippen LogP contribution in [-0.2, 0) is 24.6 Å². The molecule has 0 atom stereocenters. The predicted octanol–water partition coefficient (Wildman–Crippen LogP) is 1.69. The van der Waals surface area contributed by atoms with Crippen LogP contribution in [0.4, 0.5) is 0 Å². The van der Waals surface area contributed by atoms with Crippen LogP contribution in [0, 0.1) is 0 Å². The second-order valence-corrected chi connectivity index (χ2v) is 3.78. The first-order valence-electron chi connectivity index (χ1n) is 4.99. The van der Waals surface area contributed by atoms with Crippen molar-refractivity contribution in [2.75, 3.05) is 7.11 Å². The molecule has 76 valence electrons. The molecule has 1 heterocycles. The molecule has 1 aliphatic rings. The Labute approximate surface area is 83.7 Å². The lowest BCUT2D eigenvalue weighted by atomic mass is 9.95. The van der Waals surface area contributed by atoms with Gasteiger partial charge in [0.2, 0.25) is 0 Å². The van der Waals surface area contributed by atoms with Gasteiger partial charge in [-0.3, -0.25) is 0 Å². The molecule has 0 unspecified atom stereocenters. The molecule has 0 amide bonds. The number of nitrogens with zero attached hydrogens (tertiary/aromatic N) is 1. The molecular weight excluding hydrogens is 178 g/mol. The fraction of sp³-hybridized carbons (Fsp3) is 0.545. The third-order valence-corrected chi connectivity index (χ3v) is 2.92. The summed E-state index contributed by atoms with van der Waals surface area (Å²) in [6.07, 6.45) is 6.40. The highest BCUT2D eigenvalue weighted by Crippen LogP contribution is 2.26. The number of aromatic nitrogens is 1. The summed E-state index contributed by atoms with van der Waals surface area (Å²) in [4.78, 5) is 11.5. The van der Waals surface area contributed by atoms with Crippen LogP contribution in [0.1, 0.15) is 34.5 Å². The van der Waals surface area contributed by atoms with E-state index in [0.29, 0.717) is 0 Å². The monoisotopic (exact) mass is 193 g/mol. The summed E-state index contributed by atoms with van der Waals surface area (Å²) in [5.74, 6) is -0.205. The third kappa shape index (κ3) is 1.33. The minimum atomic E-state index is -0.205. The lowest BCUT2D eigenvalue weighted by molar-refractivity contribution is 0.0599. The second kappa shape index (κ2) is 3.48. The molecule has 1 aliphatic carbocycles. The van der Waals surface area contributed by atoms with E-state index < -0.39 is 0 Å². The molecule has 0 radical (unpaired) electrons. The zero-order chi connectivity index (χ0) is 10.1. The standard InChI is InChI=1S/C11H15NO2/c1-12-7-9(11(13)14-2)8-5-3-4-6-10(8)12/h7H,3-6H2,1-2H3. The van der Waals surface area contributed by atoms with Gasteiger partial charge in [0.15, 0.2) is 0 Å². The van der Waals surface area contributed by atoms with Crippen LogP contribution < -0.4 is 0 Å². The van der Waals surface area contributed by atoms with Crippen molar-refractivity contribution in [1.82, 2.24) is 4.57 Å². The molecule has 0 saturated carbocycles. The zero-order valence-corrected chi connectivity index (χ0v) is 8.67. The number of aryl methyl sites for hydroxylation is 1. The summed E-state index contributed by atoms with van der Waals surface area (Å²) < 4.78 is 6.82. The van der Waals surface area contributed by atoms with Crippen LogP contribution in [0.15, 0.2) is 6.20 Å². The van der Waals surface area contributed by atoms with E-state index in [-0.39, 0.29) is 5.97 Å². The molecule has 0 aromatic carbocycles. The van der Waals surface area contributed by atoms with Gasteiger partial charge in [-0.15, -0.1) is 0 Å². The highest BCUT2D eigenvalue weighted by atomic mass is 16.5. The van der Waals surface area contributed by atoms with E-state index in [4.69, 9.17) is 4.74 Å². The second-order valence-electron chi connectivity index (χ2n) is 3.78. The molecule has 3 nitrogen and oxygen atoms in total. The van der Waals surface area contributed by atoms with Crippen molar-refractivity contribution in [3.8, 4) is 0 Å². The molecule has 14 heavy (non-hydrogen) atoms. The van der Waals surface area contributed by atoms with Gasteiger partial charge in [-0.2, -0.15) is 0 Å². The van der Waals surface area contributed by atoms with Gasteiger partial charge in [0.1, 0.15) is 0 Å². The van der Waals surface area contributed by atoms with E-state index in [2.05, 4.69) is 4.57 Å². The summed E-state index contributed by atoms with van der Waals surface area (Å²) in [5, 5.41) is 0. The minimum absolute atomic E-state index is 0.205. The predicted molar refractivity (Wildman–Crippen MR) is 53.4 cm³/mol. The van der Waals surface area contributed by atoms with E-state index in [1.807, 2.05) is 13.2 Å². The van der Waals surface area contributed by atoms with Crippen molar-refractivity contribution >= 4 is 5.97 Å². The van der Waals surface area contributed by atoms with Gasteiger partial charge < -0.3 is 9.30 Å². The van der Waals surface area contributed by atoms with Crippen LogP contribution >= 0.6 is 0 Å². The van der Waals surface area contributed by atoms with Crippen LogP contribution in [0.2, 0.25) is 0 Å². The molecule has 0 bridgehead atoms. The molecule has 1 aromatic rings. The Morgan fingerprint density at radius 2 is 2.14 bits per heavy atom. The molecule has 0 fully saturated rings. The van der Waals surface area contributed by atoms with Crippen LogP contribution in [0.25, 0.3) is 0 Å². The van der Waals surface area contributed by atoms with E-state index in [1.165, 1.54) is 31.2 Å². The Bertz CT molecular complexity index is 366. The number of rotatable bonds is 1. The van der Waals surface area contributed by atoms with Crippen LogP contribution in [-0.4, -0.2) is 17.6 Å². The first kappa shape index (κ1) is 9.31. The van der Waals surface area contributed by atoms with Crippen molar-refractivity contribution in [3.63, 3.8) is 0 Å². The molecule has 2 rings (SSSR count). The van der Waals surface area contributed by atoms with E-state index in [9.17, 15) is 4.79 Å². The maximum atomic E-state index is 11.5. The Morgan fingerprint density at radius 1 is 1.43 bits per heavy atom. The third-order valence-electron chi connectivity index (χ3n) is 2.92. The first-order valence-corrected chi connectivity index (χ1v) is 4.99. The zero-order valence-electron chi connectivity index (χ0n) is 8.67. The molecule has 0 saturated heterocycles. The number of carbonyl (C=O) groups is 1. The fourth-order valence-corrected chi connectivity index (χ4v) is 2.20. The molecular formula is C11H15NO2. The topological polar surface area (TPSA) is 31.2 Å². The number of ether oxygens (including phenoxy) is 1. The van der Waals surface area contributed by atoms with Crippen molar-refractivity contribution in [3.05, 3.63) is 23.0 Å². The van der Waals surface area contributed by atoms with E-state index in [0.717, 1.165) is 18.4 Å². The van der Waals surface area contributed by atoms with Crippen molar-refractivity contribution in [1.29, 1.82) is 0 Å². The Morgan fingerprint density at radius 3 is 2.86 bits per heavy atom. The average Bonchev–Trinajstić information content (AvgIpc) is 2.56. The number of hydrogen-bond donors (Lipinski definition) is 0. The Kier molecular flexibility index (Phi) is 2.32. The van der Waals surface area contributed by atoms with Crippen molar-refractivity contribution in [2.45, 2.75) is 25.7 Å². The normalized spacial score (nSPS) is 15.0. The van der Waals surface area contributed by atoms with Gasteiger partial charge >= 0.3 is 5.97 Å². The van der Waals surface area contributed by atoms with E-state index >= 15 is 0 Å². The Hall–Kier alpha value is -1.25. The van der Waals surface area contributed by atoms with Crippen LogP contribution in [0.5, 0.6) is 0 Å². The van der Waals surface area contributed by atoms with Gasteiger partial charge in [-0.05, 0) is 31.2 Å². The Balaban J connectivity index is 2.46. The maximum Gasteiger partial charge on any atom is 0.339 e. The van der Waals surface area contributed by atoms with E-state index in [1.54, 1.807) is 0 Å². The highest BCUT2D eigenvalue weighted by Gasteiger charge is 2.21. The number of hydrogen-bond acceptors (Lipinski definition) is 2. The van der Waals surface area contributed by atoms with Gasteiger partial charge in [0, 0.05) is 18.9 Å². The lowest BCUT2D eigenvalue weighted by Crippen LogP contribution is -2.08. The van der Waals surface area contributed by atoms with Gasteiger partial charge in [0.05, 0.1) is 12.7 Å². The summed E-state index contributed by atoms with van der Waals surface area (Å²) in [6.45, 7) is 0. The lowest BCUT2D eigenvalue weighted by Gasteiger charge is -2.13. The van der Waals surface area contributed by atoms with Gasteiger partial charge in [-0.1, -0.05) is 0 Å². The minimum Gasteiger partial charge on any atom is -0.465 e. The summed E-state index contributed by atoms with van der Waals surface area (Å²) in [6, 6.07) is 0. The van der Waals surface area contributed by atoms with Crippen LogP contribution in [0.3, 0.4) is 0 Å². The maximum absolute atomic E-state index is 11.5. The summed E-state index contributed by atoms with van der Waals surface area (Å²) in [7, 11) is 3.43. The smallest absolute Gasteiger partial charge is 0.339 e. The summed E-state index contributed by atoms with van der Waals surface area (Å²) >= 11 is 0. The summed E-state index contributed by atoms with van der Waals surface area (Å²) in [5.41, 5.74) is 3.26.